The van der Waals surface area contributed by atoms with Crippen molar-refractivity contribution in [2.75, 3.05) is 18.4 Å². The van der Waals surface area contributed by atoms with E-state index in [1.54, 1.807) is 6.08 Å². The van der Waals surface area contributed by atoms with E-state index in [1.165, 1.54) is 22.3 Å². The molecule has 3 aromatic rings. The fourth-order valence-corrected chi connectivity index (χ4v) is 4.67. The van der Waals surface area contributed by atoms with Crippen molar-refractivity contribution in [3.63, 3.8) is 0 Å². The van der Waals surface area contributed by atoms with Crippen LogP contribution < -0.4 is 5.32 Å². The van der Waals surface area contributed by atoms with Gasteiger partial charge in [0.05, 0.1) is 0 Å². The molecular formula is C28H26N2O2. The highest BCUT2D eigenvalue weighted by Crippen LogP contribution is 2.37. The summed E-state index contributed by atoms with van der Waals surface area (Å²) in [7, 11) is 0. The van der Waals surface area contributed by atoms with Gasteiger partial charge in [-0.3, -0.25) is 9.59 Å². The first-order valence-corrected chi connectivity index (χ1v) is 11.2. The number of carbonyl (C=O) groups is 2. The molecule has 0 atom stereocenters. The predicted molar refractivity (Wildman–Crippen MR) is 128 cm³/mol. The van der Waals surface area contributed by atoms with Gasteiger partial charge in [0.25, 0.3) is 0 Å². The number of piperidine rings is 1. The van der Waals surface area contributed by atoms with Gasteiger partial charge in [0.2, 0.25) is 11.8 Å². The lowest BCUT2D eigenvalue weighted by atomic mass is 9.95. The molecule has 1 aliphatic carbocycles. The minimum Gasteiger partial charge on any atom is -0.339 e. The van der Waals surface area contributed by atoms with E-state index in [9.17, 15) is 9.59 Å². The van der Waals surface area contributed by atoms with Crippen molar-refractivity contribution in [2.45, 2.75) is 19.3 Å². The number of fused-ring (bicyclic) bond motifs is 3. The molecule has 0 unspecified atom stereocenters. The average molecular weight is 423 g/mol. The normalized spacial score (nSPS) is 15.4. The second kappa shape index (κ2) is 8.83. The summed E-state index contributed by atoms with van der Waals surface area (Å²) >= 11 is 0. The van der Waals surface area contributed by atoms with Crippen LogP contribution in [0.3, 0.4) is 0 Å². The first-order chi connectivity index (χ1) is 15.7. The SMILES string of the molecule is O=C(Nc1ccc2c(c1)Cc1ccccc1-2)C1CCN(C(=O)C=Cc2ccccc2)CC1. The second-order valence-electron chi connectivity index (χ2n) is 8.54. The summed E-state index contributed by atoms with van der Waals surface area (Å²) in [5.74, 6) is -0.0131. The van der Waals surface area contributed by atoms with Crippen molar-refractivity contribution < 1.29 is 9.59 Å². The van der Waals surface area contributed by atoms with E-state index in [2.05, 4.69) is 41.7 Å². The average Bonchev–Trinajstić information content (AvgIpc) is 3.21. The smallest absolute Gasteiger partial charge is 0.246 e. The Hall–Kier alpha value is -3.66. The first-order valence-electron chi connectivity index (χ1n) is 11.2. The lowest BCUT2D eigenvalue weighted by Gasteiger charge is -2.30. The lowest BCUT2D eigenvalue weighted by molar-refractivity contribution is -0.130. The Balaban J connectivity index is 1.16. The third-order valence-corrected chi connectivity index (χ3v) is 6.46. The van der Waals surface area contributed by atoms with Crippen LogP contribution >= 0.6 is 0 Å². The number of benzene rings is 3. The Morgan fingerprint density at radius 3 is 2.38 bits per heavy atom. The van der Waals surface area contributed by atoms with Gasteiger partial charge >= 0.3 is 0 Å². The maximum absolute atomic E-state index is 12.8. The molecule has 1 fully saturated rings. The highest BCUT2D eigenvalue weighted by molar-refractivity contribution is 5.94. The zero-order valence-electron chi connectivity index (χ0n) is 18.0. The predicted octanol–water partition coefficient (Wildman–Crippen LogP) is 5.15. The van der Waals surface area contributed by atoms with Crippen molar-refractivity contribution in [3.8, 4) is 11.1 Å². The van der Waals surface area contributed by atoms with Crippen molar-refractivity contribution in [2.24, 2.45) is 5.92 Å². The van der Waals surface area contributed by atoms with Gasteiger partial charge in [0, 0.05) is 30.8 Å². The van der Waals surface area contributed by atoms with Gasteiger partial charge in [-0.05, 0) is 65.3 Å². The first kappa shape index (κ1) is 20.3. The Morgan fingerprint density at radius 2 is 1.56 bits per heavy atom. The monoisotopic (exact) mass is 422 g/mol. The minimum atomic E-state index is -0.0670. The lowest BCUT2D eigenvalue weighted by Crippen LogP contribution is -2.40. The van der Waals surface area contributed by atoms with Crippen molar-refractivity contribution in [3.05, 3.63) is 95.6 Å². The fourth-order valence-electron chi connectivity index (χ4n) is 4.67. The number of likely N-dealkylation sites (tertiary alicyclic amines) is 1. The molecule has 2 amide bonds. The third-order valence-electron chi connectivity index (χ3n) is 6.46. The zero-order chi connectivity index (χ0) is 21.9. The molecular weight excluding hydrogens is 396 g/mol. The number of rotatable bonds is 4. The second-order valence-corrected chi connectivity index (χ2v) is 8.54. The van der Waals surface area contributed by atoms with E-state index in [0.717, 1.165) is 17.7 Å². The van der Waals surface area contributed by atoms with Crippen molar-refractivity contribution in [1.29, 1.82) is 0 Å². The summed E-state index contributed by atoms with van der Waals surface area (Å²) in [6, 6.07) is 24.5. The van der Waals surface area contributed by atoms with Crippen LogP contribution in [0.1, 0.15) is 29.5 Å². The number of hydrogen-bond donors (Lipinski definition) is 1. The summed E-state index contributed by atoms with van der Waals surface area (Å²) in [6.07, 6.45) is 5.75. The number of amides is 2. The van der Waals surface area contributed by atoms with E-state index in [-0.39, 0.29) is 17.7 Å². The van der Waals surface area contributed by atoms with Gasteiger partial charge in [-0.15, -0.1) is 0 Å². The van der Waals surface area contributed by atoms with Gasteiger partial charge in [-0.1, -0.05) is 60.7 Å². The van der Waals surface area contributed by atoms with Crippen LogP contribution in [0, 0.1) is 5.92 Å². The van der Waals surface area contributed by atoms with Crippen LogP contribution in [0.4, 0.5) is 5.69 Å². The van der Waals surface area contributed by atoms with E-state index < -0.39 is 0 Å². The topological polar surface area (TPSA) is 49.4 Å². The maximum Gasteiger partial charge on any atom is 0.246 e. The molecule has 4 nitrogen and oxygen atoms in total. The van der Waals surface area contributed by atoms with E-state index in [1.807, 2.05) is 47.4 Å². The van der Waals surface area contributed by atoms with Crippen LogP contribution in [0.15, 0.2) is 78.9 Å². The number of hydrogen-bond acceptors (Lipinski definition) is 2. The Labute approximate surface area is 188 Å². The summed E-state index contributed by atoms with van der Waals surface area (Å²) in [5, 5.41) is 3.10. The van der Waals surface area contributed by atoms with E-state index in [0.29, 0.717) is 25.9 Å². The molecule has 4 heteroatoms. The van der Waals surface area contributed by atoms with Crippen LogP contribution in [0.5, 0.6) is 0 Å². The van der Waals surface area contributed by atoms with Crippen LogP contribution in [0.2, 0.25) is 0 Å². The van der Waals surface area contributed by atoms with Crippen molar-refractivity contribution >= 4 is 23.6 Å². The Kier molecular flexibility index (Phi) is 5.59. The van der Waals surface area contributed by atoms with Crippen LogP contribution in [0.25, 0.3) is 17.2 Å². The van der Waals surface area contributed by atoms with Gasteiger partial charge in [0.1, 0.15) is 0 Å². The highest BCUT2D eigenvalue weighted by Gasteiger charge is 2.27. The standard InChI is InChI=1S/C28H26N2O2/c31-27(13-10-20-6-2-1-3-7-20)30-16-14-21(15-17-30)28(32)29-24-11-12-26-23(19-24)18-22-8-4-5-9-25(22)26/h1-13,19,21H,14-18H2,(H,29,32). The van der Waals surface area contributed by atoms with E-state index >= 15 is 0 Å². The molecule has 0 radical (unpaired) electrons. The summed E-state index contributed by atoms with van der Waals surface area (Å²) < 4.78 is 0. The number of carbonyl (C=O) groups excluding carboxylic acids is 2. The Bertz CT molecular complexity index is 1180. The molecule has 3 aromatic carbocycles. The molecule has 2 aliphatic rings. The maximum atomic E-state index is 12.8. The molecule has 32 heavy (non-hydrogen) atoms. The Morgan fingerprint density at radius 1 is 0.844 bits per heavy atom. The molecule has 0 saturated carbocycles. The largest absolute Gasteiger partial charge is 0.339 e. The zero-order valence-corrected chi connectivity index (χ0v) is 18.0. The molecule has 1 aliphatic heterocycles. The molecule has 1 heterocycles. The third kappa shape index (κ3) is 4.22. The van der Waals surface area contributed by atoms with Crippen molar-refractivity contribution in [1.82, 2.24) is 4.90 Å². The number of nitrogens with zero attached hydrogens (tertiary/aromatic N) is 1. The highest BCUT2D eigenvalue weighted by atomic mass is 16.2. The van der Waals surface area contributed by atoms with Crippen LogP contribution in [-0.4, -0.2) is 29.8 Å². The summed E-state index contributed by atoms with van der Waals surface area (Å²) in [5.41, 5.74) is 7.00. The molecule has 5 rings (SSSR count). The molecule has 0 spiro atoms. The van der Waals surface area contributed by atoms with Gasteiger partial charge in [0.15, 0.2) is 0 Å². The fraction of sp³-hybridized carbons (Fsp3) is 0.214. The molecule has 0 bridgehead atoms. The van der Waals surface area contributed by atoms with E-state index in [4.69, 9.17) is 0 Å². The molecule has 0 aromatic heterocycles. The summed E-state index contributed by atoms with van der Waals surface area (Å²) in [4.78, 5) is 27.2. The summed E-state index contributed by atoms with van der Waals surface area (Å²) in [6.45, 7) is 1.21. The molecule has 1 N–H and O–H groups in total. The quantitative estimate of drug-likeness (QED) is 0.463. The molecule has 1 saturated heterocycles. The molecule has 160 valence electrons. The van der Waals surface area contributed by atoms with Gasteiger partial charge in [-0.25, -0.2) is 0 Å². The minimum absolute atomic E-state index is 0.00546. The van der Waals surface area contributed by atoms with Gasteiger partial charge < -0.3 is 10.2 Å². The number of nitrogens with one attached hydrogen (secondary N) is 1. The van der Waals surface area contributed by atoms with Gasteiger partial charge in [-0.2, -0.15) is 0 Å². The van der Waals surface area contributed by atoms with Crippen LogP contribution in [-0.2, 0) is 16.0 Å². The number of anilines is 1.